The number of nitrogens with one attached hydrogen (secondary N) is 1. The summed E-state index contributed by atoms with van der Waals surface area (Å²) in [4.78, 5) is 0. The average molecular weight is 350 g/mol. The lowest BCUT2D eigenvalue weighted by molar-refractivity contribution is 0.536. The Hall–Kier alpha value is -0.0900. The summed E-state index contributed by atoms with van der Waals surface area (Å²) >= 11 is 0. The predicted octanol–water partition coefficient (Wildman–Crippen LogP) is 5.35. The van der Waals surface area contributed by atoms with Gasteiger partial charge in [0.15, 0.2) is 9.84 Å². The molecule has 1 N–H and O–H groups in total. The monoisotopic (exact) mass is 349 g/mol. The van der Waals surface area contributed by atoms with Gasteiger partial charge in [0.1, 0.15) is 0 Å². The molecule has 0 radical (unpaired) electrons. The van der Waals surface area contributed by atoms with Gasteiger partial charge in [-0.2, -0.15) is 0 Å². The van der Waals surface area contributed by atoms with Crippen molar-refractivity contribution in [3.05, 3.63) is 0 Å². The highest BCUT2D eigenvalue weighted by atomic mass is 32.2. The van der Waals surface area contributed by atoms with Gasteiger partial charge in [-0.25, -0.2) is 8.42 Å². The summed E-state index contributed by atoms with van der Waals surface area (Å²) < 4.78 is 23.3. The maximum absolute atomic E-state index is 11.7. The lowest BCUT2D eigenvalue weighted by Crippen LogP contribution is -2.17. The zero-order valence-corrected chi connectivity index (χ0v) is 16.7. The van der Waals surface area contributed by atoms with Crippen molar-refractivity contribution in [1.82, 2.24) is 5.32 Å². The zero-order valence-electron chi connectivity index (χ0n) is 15.9. The van der Waals surface area contributed by atoms with Crippen molar-refractivity contribution in [1.29, 1.82) is 0 Å². The maximum atomic E-state index is 11.7. The second kappa shape index (κ2) is 15.4. The van der Waals surface area contributed by atoms with Crippen LogP contribution in [-0.4, -0.2) is 32.5 Å². The van der Waals surface area contributed by atoms with Gasteiger partial charge in [0, 0.05) is 1.43 Å². The molecule has 0 aliphatic carbocycles. The minimum atomic E-state index is -2.82. The third kappa shape index (κ3) is 15.2. The van der Waals surface area contributed by atoms with Crippen molar-refractivity contribution in [2.45, 2.75) is 103 Å². The Balaban J connectivity index is 0. The molecule has 142 valence electrons. The van der Waals surface area contributed by atoms with E-state index >= 15 is 0 Å². The minimum absolute atomic E-state index is 0. The molecule has 3 nitrogen and oxygen atoms in total. The van der Waals surface area contributed by atoms with Gasteiger partial charge in [-0.3, -0.25) is 0 Å². The Bertz CT molecular complexity index is 345. The highest BCUT2D eigenvalue weighted by Gasteiger charge is 2.14. The summed E-state index contributed by atoms with van der Waals surface area (Å²) in [5.41, 5.74) is 0. The van der Waals surface area contributed by atoms with Crippen molar-refractivity contribution in [3.63, 3.8) is 0 Å². The minimum Gasteiger partial charge on any atom is -0.317 e. The molecule has 0 aromatic heterocycles. The van der Waals surface area contributed by atoms with Crippen LogP contribution in [-0.2, 0) is 9.84 Å². The molecule has 0 bridgehead atoms. The first-order valence-electron chi connectivity index (χ1n) is 9.93. The maximum Gasteiger partial charge on any atom is 0.152 e. The Kier molecular flexibility index (Phi) is 15.4. The smallest absolute Gasteiger partial charge is 0.152 e. The normalized spacial score (nSPS) is 12.2. The largest absolute Gasteiger partial charge is 0.317 e. The van der Waals surface area contributed by atoms with Gasteiger partial charge in [-0.1, -0.05) is 71.1 Å². The van der Waals surface area contributed by atoms with E-state index in [-0.39, 0.29) is 6.68 Å². The van der Waals surface area contributed by atoms with Crippen molar-refractivity contribution in [3.8, 4) is 0 Å². The summed E-state index contributed by atoms with van der Waals surface area (Å²) in [7, 11) is -2.82. The third-order valence-electron chi connectivity index (χ3n) is 4.50. The zero-order chi connectivity index (χ0) is 17.4. The Labute approximate surface area is 147 Å². The van der Waals surface area contributed by atoms with Crippen LogP contribution in [0.2, 0.25) is 0 Å². The predicted molar refractivity (Wildman–Crippen MR) is 105 cm³/mol. The van der Waals surface area contributed by atoms with E-state index < -0.39 is 9.84 Å². The van der Waals surface area contributed by atoms with Crippen molar-refractivity contribution >= 4 is 9.84 Å². The molecular formula is C19H43NO2S. The van der Waals surface area contributed by atoms with Crippen LogP contribution in [0, 0.1) is 0 Å². The van der Waals surface area contributed by atoms with Gasteiger partial charge in [-0.15, -0.1) is 0 Å². The summed E-state index contributed by atoms with van der Waals surface area (Å²) in [5, 5.41) is 3.15. The third-order valence-corrected chi connectivity index (χ3v) is 6.79. The van der Waals surface area contributed by atoms with Crippen molar-refractivity contribution < 1.29 is 9.84 Å². The number of hydrogen-bond donors (Lipinski definition) is 1. The first-order valence-corrected chi connectivity index (χ1v) is 11.6. The van der Waals surface area contributed by atoms with Crippen LogP contribution in [0.15, 0.2) is 0 Å². The van der Waals surface area contributed by atoms with Crippen LogP contribution in [0.3, 0.4) is 0 Å². The number of rotatable bonds is 17. The van der Waals surface area contributed by atoms with Crippen LogP contribution in [0.4, 0.5) is 0 Å². The van der Waals surface area contributed by atoms with E-state index in [1.807, 2.05) is 0 Å². The van der Waals surface area contributed by atoms with Crippen LogP contribution < -0.4 is 5.32 Å². The molecule has 0 heterocycles. The van der Waals surface area contributed by atoms with Gasteiger partial charge < -0.3 is 5.32 Å². The van der Waals surface area contributed by atoms with Gasteiger partial charge in [0.2, 0.25) is 0 Å². The van der Waals surface area contributed by atoms with E-state index in [9.17, 15) is 8.42 Å². The summed E-state index contributed by atoms with van der Waals surface area (Å²) in [6.07, 6.45) is 15.2. The number of unbranched alkanes of at least 4 members (excludes halogenated alkanes) is 11. The molecule has 0 aliphatic heterocycles. The molecule has 0 aromatic rings. The van der Waals surface area contributed by atoms with E-state index in [0.717, 1.165) is 19.4 Å². The lowest BCUT2D eigenvalue weighted by Gasteiger charge is -2.07. The van der Waals surface area contributed by atoms with Crippen LogP contribution >= 0.6 is 0 Å². The molecule has 0 atom stereocenters. The molecule has 0 spiro atoms. The molecule has 0 amide bonds. The fraction of sp³-hybridized carbons (Fsp3) is 1.00. The summed E-state index contributed by atoms with van der Waals surface area (Å²) in [6.45, 7) is 7.98. The van der Waals surface area contributed by atoms with Gasteiger partial charge in [0.05, 0.1) is 11.0 Å². The summed E-state index contributed by atoms with van der Waals surface area (Å²) in [5.74, 6) is 0.373. The molecule has 0 fully saturated rings. The van der Waals surface area contributed by atoms with Gasteiger partial charge in [-0.05, 0) is 39.8 Å². The molecule has 0 aliphatic rings. The van der Waals surface area contributed by atoms with Gasteiger partial charge in [0.25, 0.3) is 0 Å². The van der Waals surface area contributed by atoms with E-state index in [2.05, 4.69) is 12.2 Å². The van der Waals surface area contributed by atoms with Gasteiger partial charge >= 0.3 is 0 Å². The summed E-state index contributed by atoms with van der Waals surface area (Å²) in [6, 6.07) is 0. The Morgan fingerprint density at radius 2 is 1.13 bits per heavy atom. The van der Waals surface area contributed by atoms with Crippen molar-refractivity contribution in [2.24, 2.45) is 0 Å². The molecule has 0 rings (SSSR count). The first kappa shape index (κ1) is 22.9. The topological polar surface area (TPSA) is 46.2 Å². The molecule has 4 heteroatoms. The first-order chi connectivity index (χ1) is 11.0. The second-order valence-electron chi connectivity index (χ2n) is 7.01. The standard InChI is InChI=1S/C19H41NO2S.H2/c1-4-20-17-15-13-11-9-7-5-6-8-10-12-14-16-18-23(21,22)19(2)3;/h19-20H,4-18H2,1-3H3;1H. The highest BCUT2D eigenvalue weighted by Crippen LogP contribution is 2.13. The molecule has 0 aromatic carbocycles. The van der Waals surface area contributed by atoms with Crippen molar-refractivity contribution in [2.75, 3.05) is 18.8 Å². The van der Waals surface area contributed by atoms with E-state index in [4.69, 9.17) is 0 Å². The van der Waals surface area contributed by atoms with E-state index in [1.165, 1.54) is 70.8 Å². The number of sulfone groups is 1. The molecule has 23 heavy (non-hydrogen) atoms. The quantitative estimate of drug-likeness (QED) is 0.360. The highest BCUT2D eigenvalue weighted by molar-refractivity contribution is 7.91. The lowest BCUT2D eigenvalue weighted by atomic mass is 10.1. The fourth-order valence-corrected chi connectivity index (χ4v) is 3.81. The second-order valence-corrected chi connectivity index (χ2v) is 9.69. The Morgan fingerprint density at radius 3 is 1.52 bits per heavy atom. The van der Waals surface area contributed by atoms with E-state index in [1.54, 1.807) is 13.8 Å². The Morgan fingerprint density at radius 1 is 0.739 bits per heavy atom. The average Bonchev–Trinajstić information content (AvgIpc) is 2.51. The molecule has 0 saturated heterocycles. The molecule has 0 saturated carbocycles. The molecular weight excluding hydrogens is 306 g/mol. The van der Waals surface area contributed by atoms with Crippen LogP contribution in [0.1, 0.15) is 99.2 Å². The molecule has 0 unspecified atom stereocenters. The van der Waals surface area contributed by atoms with E-state index in [0.29, 0.717) is 5.75 Å². The van der Waals surface area contributed by atoms with Crippen LogP contribution in [0.25, 0.3) is 0 Å². The fourth-order valence-electron chi connectivity index (χ4n) is 2.73. The number of hydrogen-bond acceptors (Lipinski definition) is 3. The SMILES string of the molecule is CCNCCCCCCCCCCCCCCS(=O)(=O)C(C)C.[HH]. The van der Waals surface area contributed by atoms with Crippen LogP contribution in [0.5, 0.6) is 0 Å².